The largest absolute Gasteiger partial charge is 0.300 e. The molecule has 0 saturated heterocycles. The normalized spacial score (nSPS) is 11.7. The van der Waals surface area contributed by atoms with E-state index in [1.807, 2.05) is 44.4 Å². The molecule has 4 heteroatoms. The van der Waals surface area contributed by atoms with Gasteiger partial charge in [0.2, 0.25) is 0 Å². The maximum atomic E-state index is 11.3. The van der Waals surface area contributed by atoms with Crippen LogP contribution >= 0.6 is 23.5 Å². The van der Waals surface area contributed by atoms with Gasteiger partial charge in [-0.15, -0.1) is 11.8 Å². The topological polar surface area (TPSA) is 29.4 Å². The highest BCUT2D eigenvalue weighted by Gasteiger charge is 2.15. The van der Waals surface area contributed by atoms with Gasteiger partial charge < -0.3 is 0 Å². The van der Waals surface area contributed by atoms with Crippen LogP contribution in [-0.2, 0) is 11.2 Å². The van der Waals surface area contributed by atoms with E-state index >= 15 is 0 Å². The standard InChI is InChI=1S/C15H21NOS2.C2H6/c1-11(17)10-12-8-6-7-9-13(12)16-14(18-5)19-15(2,3)4;1-2/h6-9H,10H2,1-5H3;1-2H3. The summed E-state index contributed by atoms with van der Waals surface area (Å²) in [6.45, 7) is 12.1. The third kappa shape index (κ3) is 8.99. The van der Waals surface area contributed by atoms with Gasteiger partial charge in [-0.3, -0.25) is 4.79 Å². The van der Waals surface area contributed by atoms with Gasteiger partial charge in [-0.05, 0) is 24.8 Å². The van der Waals surface area contributed by atoms with E-state index in [0.29, 0.717) is 6.42 Å². The number of carbonyl (C=O) groups excluding carboxylic acids is 1. The molecule has 118 valence electrons. The summed E-state index contributed by atoms with van der Waals surface area (Å²) in [5, 5.41) is 0. The molecule has 0 radical (unpaired) electrons. The minimum Gasteiger partial charge on any atom is -0.300 e. The number of aliphatic imine (C=N–C) groups is 1. The van der Waals surface area contributed by atoms with Crippen molar-refractivity contribution in [1.29, 1.82) is 0 Å². The van der Waals surface area contributed by atoms with Gasteiger partial charge in [-0.1, -0.05) is 64.6 Å². The van der Waals surface area contributed by atoms with Crippen molar-refractivity contribution in [3.05, 3.63) is 29.8 Å². The lowest BCUT2D eigenvalue weighted by Crippen LogP contribution is -2.10. The zero-order chi connectivity index (χ0) is 16.5. The number of rotatable bonds is 3. The number of carbonyl (C=O) groups is 1. The molecule has 0 saturated carbocycles. The molecule has 0 fully saturated rings. The summed E-state index contributed by atoms with van der Waals surface area (Å²) in [7, 11) is 0. The molecule has 1 rings (SSSR count). The monoisotopic (exact) mass is 325 g/mol. The number of thioether (sulfide) groups is 2. The van der Waals surface area contributed by atoms with Gasteiger partial charge >= 0.3 is 0 Å². The molecule has 0 atom stereocenters. The molecule has 0 amide bonds. The van der Waals surface area contributed by atoms with E-state index in [2.05, 4.69) is 20.8 Å². The van der Waals surface area contributed by atoms with Gasteiger partial charge in [0.1, 0.15) is 10.2 Å². The van der Waals surface area contributed by atoms with Crippen molar-refractivity contribution in [3.63, 3.8) is 0 Å². The van der Waals surface area contributed by atoms with E-state index in [4.69, 9.17) is 4.99 Å². The van der Waals surface area contributed by atoms with Gasteiger partial charge in [-0.25, -0.2) is 4.99 Å². The van der Waals surface area contributed by atoms with Gasteiger partial charge in [0.15, 0.2) is 0 Å². The second-order valence-electron chi connectivity index (χ2n) is 5.30. The molecule has 0 aliphatic rings. The first-order valence-corrected chi connectivity index (χ1v) is 9.25. The van der Waals surface area contributed by atoms with E-state index in [-0.39, 0.29) is 10.5 Å². The average Bonchev–Trinajstić information content (AvgIpc) is 2.40. The summed E-state index contributed by atoms with van der Waals surface area (Å²) < 4.78 is 1.17. The minimum atomic E-state index is 0.136. The Morgan fingerprint density at radius 1 is 1.19 bits per heavy atom. The summed E-state index contributed by atoms with van der Waals surface area (Å²) in [4.78, 5) is 16.0. The van der Waals surface area contributed by atoms with Crippen LogP contribution in [0.1, 0.15) is 47.1 Å². The smallest absolute Gasteiger partial charge is 0.134 e. The van der Waals surface area contributed by atoms with E-state index < -0.39 is 0 Å². The van der Waals surface area contributed by atoms with E-state index in [9.17, 15) is 4.79 Å². The number of Topliss-reactive ketones (excluding diaryl/α,β-unsaturated/α-hetero) is 1. The average molecular weight is 326 g/mol. The van der Waals surface area contributed by atoms with E-state index in [1.165, 1.54) is 0 Å². The van der Waals surface area contributed by atoms with Crippen LogP contribution in [0, 0.1) is 0 Å². The third-order valence-electron chi connectivity index (χ3n) is 2.21. The Hall–Kier alpha value is -0.740. The molecule has 0 N–H and O–H groups in total. The van der Waals surface area contributed by atoms with Crippen LogP contribution < -0.4 is 0 Å². The number of hydrogen-bond acceptors (Lipinski definition) is 4. The number of para-hydroxylation sites is 1. The summed E-state index contributed by atoms with van der Waals surface area (Å²) in [6, 6.07) is 7.85. The Kier molecular flexibility index (Phi) is 9.71. The van der Waals surface area contributed by atoms with Crippen LogP contribution in [0.2, 0.25) is 0 Å². The summed E-state index contributed by atoms with van der Waals surface area (Å²) in [5.41, 5.74) is 1.90. The quantitative estimate of drug-likeness (QED) is 0.525. The second-order valence-corrected chi connectivity index (χ2v) is 8.17. The molecular weight excluding hydrogens is 298 g/mol. The van der Waals surface area contributed by atoms with Crippen molar-refractivity contribution in [2.45, 2.75) is 52.7 Å². The molecule has 1 aromatic carbocycles. The molecule has 2 nitrogen and oxygen atoms in total. The lowest BCUT2D eigenvalue weighted by molar-refractivity contribution is -0.116. The van der Waals surface area contributed by atoms with Crippen molar-refractivity contribution >= 4 is 39.4 Å². The van der Waals surface area contributed by atoms with Gasteiger partial charge in [-0.2, -0.15) is 0 Å². The van der Waals surface area contributed by atoms with Crippen molar-refractivity contribution in [2.24, 2.45) is 4.99 Å². The fourth-order valence-corrected chi connectivity index (χ4v) is 3.45. The highest BCUT2D eigenvalue weighted by molar-refractivity contribution is 8.39. The summed E-state index contributed by atoms with van der Waals surface area (Å²) in [6.07, 6.45) is 2.48. The lowest BCUT2D eigenvalue weighted by atomic mass is 10.1. The maximum absolute atomic E-state index is 11.3. The molecule has 0 aliphatic carbocycles. The zero-order valence-electron chi connectivity index (χ0n) is 14.2. The Morgan fingerprint density at radius 3 is 2.24 bits per heavy atom. The molecule has 21 heavy (non-hydrogen) atoms. The minimum absolute atomic E-state index is 0.136. The van der Waals surface area contributed by atoms with Crippen molar-refractivity contribution < 1.29 is 4.79 Å². The van der Waals surface area contributed by atoms with Crippen molar-refractivity contribution in [3.8, 4) is 0 Å². The SMILES string of the molecule is CC.CSC(=Nc1ccccc1CC(C)=O)SC(C)(C)C. The number of nitrogens with zero attached hydrogens (tertiary/aromatic N) is 1. The Bertz CT molecular complexity index is 476. The van der Waals surface area contributed by atoms with Gasteiger partial charge in [0, 0.05) is 11.2 Å². The first-order chi connectivity index (χ1) is 9.81. The number of hydrogen-bond donors (Lipinski definition) is 0. The fraction of sp³-hybridized carbons (Fsp3) is 0.529. The molecule has 0 heterocycles. The Labute approximate surface area is 138 Å². The second kappa shape index (κ2) is 10.1. The molecule has 1 aromatic rings. The Morgan fingerprint density at radius 2 is 1.76 bits per heavy atom. The first-order valence-electron chi connectivity index (χ1n) is 7.21. The molecule has 0 spiro atoms. The van der Waals surface area contributed by atoms with Gasteiger partial charge in [0.05, 0.1) is 5.69 Å². The number of benzene rings is 1. The van der Waals surface area contributed by atoms with Crippen LogP contribution in [0.25, 0.3) is 0 Å². The Balaban J connectivity index is 0.00000191. The van der Waals surface area contributed by atoms with Crippen LogP contribution in [-0.4, -0.2) is 21.2 Å². The fourth-order valence-electron chi connectivity index (χ4n) is 1.51. The van der Waals surface area contributed by atoms with Crippen LogP contribution in [0.5, 0.6) is 0 Å². The van der Waals surface area contributed by atoms with E-state index in [1.54, 1.807) is 30.4 Å². The van der Waals surface area contributed by atoms with Crippen LogP contribution in [0.15, 0.2) is 29.3 Å². The molecule has 0 aliphatic heterocycles. The zero-order valence-corrected chi connectivity index (χ0v) is 15.8. The van der Waals surface area contributed by atoms with Crippen LogP contribution in [0.4, 0.5) is 5.69 Å². The highest BCUT2D eigenvalue weighted by atomic mass is 32.2. The molecule has 0 aromatic heterocycles. The summed E-state index contributed by atoms with van der Waals surface area (Å²) >= 11 is 3.40. The maximum Gasteiger partial charge on any atom is 0.134 e. The van der Waals surface area contributed by atoms with E-state index in [0.717, 1.165) is 15.6 Å². The summed E-state index contributed by atoms with van der Waals surface area (Å²) in [5.74, 6) is 0.164. The third-order valence-corrected chi connectivity index (χ3v) is 4.28. The van der Waals surface area contributed by atoms with Crippen LogP contribution in [0.3, 0.4) is 0 Å². The predicted octanol–water partition coefficient (Wildman–Crippen LogP) is 5.73. The molecule has 0 unspecified atom stereocenters. The molecule has 0 bridgehead atoms. The van der Waals surface area contributed by atoms with Gasteiger partial charge in [0.25, 0.3) is 0 Å². The first kappa shape index (κ1) is 20.3. The number of ketones is 1. The van der Waals surface area contributed by atoms with Crippen molar-refractivity contribution in [1.82, 2.24) is 0 Å². The lowest BCUT2D eigenvalue weighted by Gasteiger charge is -2.18. The predicted molar refractivity (Wildman–Crippen MR) is 100 cm³/mol. The van der Waals surface area contributed by atoms with Crippen molar-refractivity contribution in [2.75, 3.05) is 6.26 Å². The highest BCUT2D eigenvalue weighted by Crippen LogP contribution is 2.32. The molecular formula is C17H27NOS2.